The number of alkyl halides is 1. The van der Waals surface area contributed by atoms with Crippen LogP contribution < -0.4 is 5.32 Å². The number of hydrogen-bond donors (Lipinski definition) is 1. The molecular formula is C8H9BrClN. The second-order valence-corrected chi connectivity index (χ2v) is 3.24. The molecule has 11 heavy (non-hydrogen) atoms. The van der Waals surface area contributed by atoms with Gasteiger partial charge in [-0.15, -0.1) is 0 Å². The number of hydrogen-bond acceptors (Lipinski definition) is 1. The van der Waals surface area contributed by atoms with Gasteiger partial charge in [0.1, 0.15) is 0 Å². The normalized spacial score (nSPS) is 9.73. The van der Waals surface area contributed by atoms with E-state index in [2.05, 4.69) is 21.2 Å². The molecular weight excluding hydrogens is 225 g/mol. The summed E-state index contributed by atoms with van der Waals surface area (Å²) in [5.41, 5.74) is 2.89. The van der Waals surface area contributed by atoms with Gasteiger partial charge in [0.05, 0.1) is 5.45 Å². The molecule has 0 heterocycles. The molecule has 0 aromatic heterocycles. The molecule has 0 fully saturated rings. The van der Waals surface area contributed by atoms with Gasteiger partial charge in [-0.05, 0) is 24.6 Å². The zero-order valence-corrected chi connectivity index (χ0v) is 8.54. The van der Waals surface area contributed by atoms with E-state index in [1.54, 1.807) is 0 Å². The Labute approximate surface area is 79.9 Å². The van der Waals surface area contributed by atoms with Crippen LogP contribution in [-0.4, -0.2) is 5.45 Å². The Morgan fingerprint density at radius 3 is 2.82 bits per heavy atom. The number of anilines is 1. The lowest BCUT2D eigenvalue weighted by molar-refractivity contribution is 1.42. The molecule has 1 rings (SSSR count). The first-order valence-corrected chi connectivity index (χ1v) is 4.80. The molecule has 0 saturated heterocycles. The van der Waals surface area contributed by atoms with Crippen LogP contribution in [0.2, 0.25) is 5.02 Å². The van der Waals surface area contributed by atoms with Crippen LogP contribution in [-0.2, 0) is 0 Å². The number of benzene rings is 1. The fraction of sp³-hybridized carbons (Fsp3) is 0.250. The molecule has 1 N–H and O–H groups in total. The maximum Gasteiger partial charge on any atom is 0.0707 e. The highest BCUT2D eigenvalue weighted by atomic mass is 79.9. The molecule has 0 saturated carbocycles. The molecule has 1 aromatic rings. The molecule has 0 aliphatic carbocycles. The van der Waals surface area contributed by atoms with Gasteiger partial charge in [0.15, 0.2) is 0 Å². The highest BCUT2D eigenvalue weighted by Gasteiger charge is 1.95. The van der Waals surface area contributed by atoms with Crippen LogP contribution in [0.3, 0.4) is 0 Å². The Morgan fingerprint density at radius 2 is 2.27 bits per heavy atom. The summed E-state index contributed by atoms with van der Waals surface area (Å²) in [5.74, 6) is 0. The minimum atomic E-state index is 0.742. The third kappa shape index (κ3) is 2.38. The van der Waals surface area contributed by atoms with Crippen molar-refractivity contribution in [1.82, 2.24) is 0 Å². The van der Waals surface area contributed by atoms with Crippen molar-refractivity contribution in [3.8, 4) is 0 Å². The third-order valence-electron chi connectivity index (χ3n) is 1.44. The second kappa shape index (κ2) is 3.98. The van der Waals surface area contributed by atoms with Gasteiger partial charge >= 0.3 is 0 Å². The summed E-state index contributed by atoms with van der Waals surface area (Å²) in [4.78, 5) is 0. The van der Waals surface area contributed by atoms with E-state index in [0.29, 0.717) is 0 Å². The summed E-state index contributed by atoms with van der Waals surface area (Å²) in [6.45, 7) is 1.99. The first-order valence-electron chi connectivity index (χ1n) is 3.30. The van der Waals surface area contributed by atoms with E-state index < -0.39 is 0 Å². The predicted molar refractivity (Wildman–Crippen MR) is 53.6 cm³/mol. The predicted octanol–water partition coefficient (Wildman–Crippen LogP) is 3.41. The van der Waals surface area contributed by atoms with Crippen molar-refractivity contribution >= 4 is 33.2 Å². The number of rotatable bonds is 2. The van der Waals surface area contributed by atoms with Crippen LogP contribution in [0.4, 0.5) is 5.69 Å². The van der Waals surface area contributed by atoms with Crippen molar-refractivity contribution in [2.45, 2.75) is 6.92 Å². The Kier molecular flexibility index (Phi) is 3.21. The molecule has 0 atom stereocenters. The van der Waals surface area contributed by atoms with Crippen molar-refractivity contribution in [3.05, 3.63) is 28.8 Å². The smallest absolute Gasteiger partial charge is 0.0707 e. The number of nitrogens with one attached hydrogen (secondary N) is 1. The number of halogens is 2. The van der Waals surface area contributed by atoms with Gasteiger partial charge in [0, 0.05) is 10.7 Å². The Hall–Kier alpha value is -0.210. The molecule has 1 aromatic carbocycles. The third-order valence-corrected chi connectivity index (χ3v) is 2.13. The van der Waals surface area contributed by atoms with Crippen LogP contribution in [0.25, 0.3) is 0 Å². The topological polar surface area (TPSA) is 12.0 Å². The van der Waals surface area contributed by atoms with E-state index >= 15 is 0 Å². The molecule has 0 aliphatic rings. The fourth-order valence-electron chi connectivity index (χ4n) is 0.780. The summed E-state index contributed by atoms with van der Waals surface area (Å²) in [7, 11) is 0. The van der Waals surface area contributed by atoms with Gasteiger partial charge in [0.25, 0.3) is 0 Å². The van der Waals surface area contributed by atoms with E-state index in [1.807, 2.05) is 25.1 Å². The molecule has 60 valence electrons. The standard InChI is InChI=1S/C8H9BrClN/c1-6-2-3-7(11-5-9)4-8(6)10/h2-4,11H,5H2,1H3. The Balaban J connectivity index is 2.86. The monoisotopic (exact) mass is 233 g/mol. The average Bonchev–Trinajstić information content (AvgIpc) is 1.98. The average molecular weight is 235 g/mol. The first-order chi connectivity index (χ1) is 5.24. The van der Waals surface area contributed by atoms with Gasteiger partial charge in [-0.2, -0.15) is 0 Å². The van der Waals surface area contributed by atoms with E-state index in [-0.39, 0.29) is 0 Å². The van der Waals surface area contributed by atoms with Crippen LogP contribution in [0.5, 0.6) is 0 Å². The summed E-state index contributed by atoms with van der Waals surface area (Å²) in [6.07, 6.45) is 0. The van der Waals surface area contributed by atoms with E-state index in [1.165, 1.54) is 0 Å². The maximum atomic E-state index is 5.89. The van der Waals surface area contributed by atoms with Crippen LogP contribution >= 0.6 is 27.5 Å². The summed E-state index contributed by atoms with van der Waals surface area (Å²) >= 11 is 9.17. The molecule has 3 heteroatoms. The minimum absolute atomic E-state index is 0.742. The zero-order chi connectivity index (χ0) is 8.27. The van der Waals surface area contributed by atoms with E-state index in [0.717, 1.165) is 21.7 Å². The highest BCUT2D eigenvalue weighted by Crippen LogP contribution is 2.19. The van der Waals surface area contributed by atoms with Crippen molar-refractivity contribution in [2.75, 3.05) is 10.8 Å². The van der Waals surface area contributed by atoms with Crippen LogP contribution in [0.15, 0.2) is 18.2 Å². The minimum Gasteiger partial charge on any atom is -0.375 e. The quantitative estimate of drug-likeness (QED) is 0.611. The molecule has 0 spiro atoms. The Bertz CT molecular complexity index is 250. The van der Waals surface area contributed by atoms with Gasteiger partial charge in [0.2, 0.25) is 0 Å². The van der Waals surface area contributed by atoms with E-state index in [9.17, 15) is 0 Å². The van der Waals surface area contributed by atoms with Crippen LogP contribution in [0, 0.1) is 6.92 Å². The molecule has 0 bridgehead atoms. The molecule has 0 radical (unpaired) electrons. The van der Waals surface area contributed by atoms with Gasteiger partial charge in [-0.3, -0.25) is 0 Å². The SMILES string of the molecule is Cc1ccc(NCBr)cc1Cl. The van der Waals surface area contributed by atoms with Gasteiger partial charge in [-0.1, -0.05) is 33.6 Å². The van der Waals surface area contributed by atoms with Crippen molar-refractivity contribution in [3.63, 3.8) is 0 Å². The lowest BCUT2D eigenvalue weighted by Crippen LogP contribution is -1.93. The van der Waals surface area contributed by atoms with Gasteiger partial charge < -0.3 is 5.32 Å². The summed E-state index contributed by atoms with van der Waals surface area (Å²) < 4.78 is 0. The lowest BCUT2D eigenvalue weighted by atomic mass is 10.2. The molecule has 0 unspecified atom stereocenters. The summed E-state index contributed by atoms with van der Waals surface area (Å²) in [6, 6.07) is 5.91. The van der Waals surface area contributed by atoms with E-state index in [4.69, 9.17) is 11.6 Å². The van der Waals surface area contributed by atoms with Gasteiger partial charge in [-0.25, -0.2) is 0 Å². The van der Waals surface area contributed by atoms with Crippen molar-refractivity contribution in [1.29, 1.82) is 0 Å². The molecule has 1 nitrogen and oxygen atoms in total. The van der Waals surface area contributed by atoms with Crippen LogP contribution in [0.1, 0.15) is 5.56 Å². The van der Waals surface area contributed by atoms with Crippen molar-refractivity contribution in [2.24, 2.45) is 0 Å². The second-order valence-electron chi connectivity index (χ2n) is 2.27. The first kappa shape index (κ1) is 8.88. The van der Waals surface area contributed by atoms with Crippen molar-refractivity contribution < 1.29 is 0 Å². The number of aryl methyl sites for hydroxylation is 1. The zero-order valence-electron chi connectivity index (χ0n) is 6.20. The largest absolute Gasteiger partial charge is 0.375 e. The lowest BCUT2D eigenvalue weighted by Gasteiger charge is -2.03. The maximum absolute atomic E-state index is 5.89. The molecule has 0 amide bonds. The molecule has 0 aliphatic heterocycles. The fourth-order valence-corrected chi connectivity index (χ4v) is 1.28. The highest BCUT2D eigenvalue weighted by molar-refractivity contribution is 9.09. The summed E-state index contributed by atoms with van der Waals surface area (Å²) in [5, 5.41) is 3.91. The Morgan fingerprint density at radius 1 is 1.55 bits per heavy atom.